The van der Waals surface area contributed by atoms with E-state index in [0.29, 0.717) is 13.1 Å². The fraction of sp³-hybridized carbons (Fsp3) is 0.562. The first kappa shape index (κ1) is 17.4. The van der Waals surface area contributed by atoms with Crippen molar-refractivity contribution in [3.63, 3.8) is 0 Å². The molecule has 1 amide bonds. The summed E-state index contributed by atoms with van der Waals surface area (Å²) in [5.74, 6) is 0.326. The Balaban J connectivity index is 1.86. The average molecular weight is 330 g/mol. The fourth-order valence-electron chi connectivity index (χ4n) is 2.65. The largest absolute Gasteiger partial charge is 0.497 e. The number of hydrogen-bond acceptors (Lipinski definition) is 3. The van der Waals surface area contributed by atoms with Crippen molar-refractivity contribution in [2.24, 2.45) is 0 Å². The van der Waals surface area contributed by atoms with Gasteiger partial charge in [0.05, 0.1) is 13.5 Å². The Bertz CT molecular complexity index is 517. The second-order valence-electron chi connectivity index (χ2n) is 5.67. The van der Waals surface area contributed by atoms with Crippen LogP contribution in [0, 0.1) is 0 Å². The number of nitrogens with zero attached hydrogens (tertiary/aromatic N) is 1. The van der Waals surface area contributed by atoms with Crippen molar-refractivity contribution < 1.29 is 22.7 Å². The van der Waals surface area contributed by atoms with Gasteiger partial charge in [-0.25, -0.2) is 0 Å². The maximum atomic E-state index is 12.2. The second-order valence-corrected chi connectivity index (χ2v) is 5.67. The number of ether oxygens (including phenoxy) is 1. The number of carbonyl (C=O) groups excluding carboxylic acids is 1. The molecule has 4 nitrogen and oxygen atoms in total. The third kappa shape index (κ3) is 5.65. The van der Waals surface area contributed by atoms with Crippen LogP contribution in [0.3, 0.4) is 0 Å². The fourth-order valence-corrected chi connectivity index (χ4v) is 2.65. The SMILES string of the molecule is COc1ccc(NC2CCCN(C(=O)CCC(F)(F)F)C2)cc1. The van der Waals surface area contributed by atoms with E-state index < -0.39 is 24.9 Å². The number of nitrogens with one attached hydrogen (secondary N) is 1. The zero-order chi connectivity index (χ0) is 16.9. The molecule has 128 valence electrons. The molecule has 7 heteroatoms. The van der Waals surface area contributed by atoms with Crippen molar-refractivity contribution in [1.29, 1.82) is 0 Å². The van der Waals surface area contributed by atoms with Gasteiger partial charge in [-0.1, -0.05) is 0 Å². The summed E-state index contributed by atoms with van der Waals surface area (Å²) in [5.41, 5.74) is 0.903. The second kappa shape index (κ2) is 7.57. The lowest BCUT2D eigenvalue weighted by Crippen LogP contribution is -2.45. The Hall–Kier alpha value is -1.92. The highest BCUT2D eigenvalue weighted by atomic mass is 19.4. The Labute approximate surface area is 133 Å². The minimum Gasteiger partial charge on any atom is -0.497 e. The van der Waals surface area contributed by atoms with Crippen LogP contribution in [0.1, 0.15) is 25.7 Å². The number of piperidine rings is 1. The number of alkyl halides is 3. The quantitative estimate of drug-likeness (QED) is 0.899. The van der Waals surface area contributed by atoms with Crippen molar-refractivity contribution >= 4 is 11.6 Å². The summed E-state index contributed by atoms with van der Waals surface area (Å²) in [6.45, 7) is 0.959. The molecule has 1 aromatic rings. The molecular weight excluding hydrogens is 309 g/mol. The Morgan fingerprint density at radius 3 is 2.65 bits per heavy atom. The third-order valence-electron chi connectivity index (χ3n) is 3.86. The van der Waals surface area contributed by atoms with Crippen LogP contribution in [0.5, 0.6) is 5.75 Å². The first-order valence-corrected chi connectivity index (χ1v) is 7.62. The van der Waals surface area contributed by atoms with E-state index >= 15 is 0 Å². The third-order valence-corrected chi connectivity index (χ3v) is 3.86. The van der Waals surface area contributed by atoms with Crippen LogP contribution in [0.4, 0.5) is 18.9 Å². The van der Waals surface area contributed by atoms with Gasteiger partial charge in [0.2, 0.25) is 5.91 Å². The number of hydrogen-bond donors (Lipinski definition) is 1. The summed E-state index contributed by atoms with van der Waals surface area (Å²) in [7, 11) is 1.59. The maximum absolute atomic E-state index is 12.2. The highest BCUT2D eigenvalue weighted by molar-refractivity contribution is 5.76. The van der Waals surface area contributed by atoms with Crippen LogP contribution in [0.25, 0.3) is 0 Å². The minimum absolute atomic E-state index is 0.0481. The van der Waals surface area contributed by atoms with E-state index in [2.05, 4.69) is 5.32 Å². The first-order valence-electron chi connectivity index (χ1n) is 7.62. The van der Waals surface area contributed by atoms with Crippen molar-refractivity contribution in [2.45, 2.75) is 37.9 Å². The van der Waals surface area contributed by atoms with E-state index in [9.17, 15) is 18.0 Å². The molecule has 0 aliphatic carbocycles. The van der Waals surface area contributed by atoms with Crippen molar-refractivity contribution in [3.8, 4) is 5.75 Å². The van der Waals surface area contributed by atoms with Crippen LogP contribution < -0.4 is 10.1 Å². The van der Waals surface area contributed by atoms with E-state index in [1.807, 2.05) is 24.3 Å². The van der Waals surface area contributed by atoms with Crippen LogP contribution in [-0.2, 0) is 4.79 Å². The highest BCUT2D eigenvalue weighted by Gasteiger charge is 2.30. The van der Waals surface area contributed by atoms with Gasteiger partial charge in [0.15, 0.2) is 0 Å². The highest BCUT2D eigenvalue weighted by Crippen LogP contribution is 2.23. The van der Waals surface area contributed by atoms with E-state index in [1.54, 1.807) is 7.11 Å². The first-order chi connectivity index (χ1) is 10.9. The molecule has 0 saturated carbocycles. The Morgan fingerprint density at radius 2 is 2.04 bits per heavy atom. The van der Waals surface area contributed by atoms with Gasteiger partial charge in [-0.05, 0) is 37.1 Å². The normalized spacial score (nSPS) is 18.6. The van der Waals surface area contributed by atoms with Crippen LogP contribution in [0.15, 0.2) is 24.3 Å². The summed E-state index contributed by atoms with van der Waals surface area (Å²) in [6, 6.07) is 7.47. The van der Waals surface area contributed by atoms with Gasteiger partial charge in [-0.15, -0.1) is 0 Å². The lowest BCUT2D eigenvalue weighted by Gasteiger charge is -2.34. The van der Waals surface area contributed by atoms with Gasteiger partial charge in [0, 0.05) is 31.2 Å². The maximum Gasteiger partial charge on any atom is 0.389 e. The number of amides is 1. The topological polar surface area (TPSA) is 41.6 Å². The molecule has 23 heavy (non-hydrogen) atoms. The van der Waals surface area contributed by atoms with Gasteiger partial charge in [-0.2, -0.15) is 13.2 Å². The van der Waals surface area contributed by atoms with E-state index in [-0.39, 0.29) is 6.04 Å². The number of anilines is 1. The molecule has 1 fully saturated rings. The number of halogens is 3. The van der Waals surface area contributed by atoms with E-state index in [0.717, 1.165) is 24.3 Å². The zero-order valence-electron chi connectivity index (χ0n) is 13.0. The van der Waals surface area contributed by atoms with Gasteiger partial charge in [0.1, 0.15) is 5.75 Å². The molecule has 1 N–H and O–H groups in total. The average Bonchev–Trinajstić information content (AvgIpc) is 2.53. The molecule has 1 heterocycles. The number of likely N-dealkylation sites (tertiary alicyclic amines) is 1. The van der Waals surface area contributed by atoms with Gasteiger partial charge in [0.25, 0.3) is 0 Å². The van der Waals surface area contributed by atoms with E-state index in [1.165, 1.54) is 4.90 Å². The van der Waals surface area contributed by atoms with Gasteiger partial charge < -0.3 is 15.0 Å². The van der Waals surface area contributed by atoms with Crippen LogP contribution >= 0.6 is 0 Å². The van der Waals surface area contributed by atoms with Crippen LogP contribution in [0.2, 0.25) is 0 Å². The Morgan fingerprint density at radius 1 is 1.35 bits per heavy atom. The van der Waals surface area contributed by atoms with Gasteiger partial charge in [-0.3, -0.25) is 4.79 Å². The molecule has 1 aliphatic rings. The standard InChI is InChI=1S/C16H21F3N2O2/c1-23-14-6-4-12(5-7-14)20-13-3-2-10-21(11-13)15(22)8-9-16(17,18)19/h4-7,13,20H,2-3,8-11H2,1H3. The summed E-state index contributed by atoms with van der Waals surface area (Å²) in [6.07, 6.45) is -4.15. The number of methoxy groups -OCH3 is 1. The number of rotatable bonds is 5. The summed E-state index contributed by atoms with van der Waals surface area (Å²) >= 11 is 0. The molecule has 1 saturated heterocycles. The van der Waals surface area contributed by atoms with Crippen LogP contribution in [-0.4, -0.2) is 43.2 Å². The van der Waals surface area contributed by atoms with Crippen molar-refractivity contribution in [3.05, 3.63) is 24.3 Å². The number of benzene rings is 1. The molecule has 0 aromatic heterocycles. The minimum atomic E-state index is -4.29. The molecule has 1 atom stereocenters. The predicted octanol–water partition coefficient (Wildman–Crippen LogP) is 3.44. The number of carbonyl (C=O) groups is 1. The molecule has 0 radical (unpaired) electrons. The lowest BCUT2D eigenvalue weighted by molar-refractivity contribution is -0.149. The summed E-state index contributed by atoms with van der Waals surface area (Å²) in [4.78, 5) is 13.4. The monoisotopic (exact) mass is 330 g/mol. The molecule has 0 spiro atoms. The molecule has 2 rings (SSSR count). The summed E-state index contributed by atoms with van der Waals surface area (Å²) in [5, 5.41) is 3.32. The van der Waals surface area contributed by atoms with Crippen molar-refractivity contribution in [1.82, 2.24) is 4.90 Å². The molecule has 1 unspecified atom stereocenters. The Kier molecular flexibility index (Phi) is 5.74. The van der Waals surface area contributed by atoms with E-state index in [4.69, 9.17) is 4.74 Å². The predicted molar refractivity (Wildman–Crippen MR) is 81.5 cm³/mol. The smallest absolute Gasteiger partial charge is 0.389 e. The van der Waals surface area contributed by atoms with Crippen molar-refractivity contribution in [2.75, 3.05) is 25.5 Å². The molecule has 0 bridgehead atoms. The molecule has 1 aliphatic heterocycles. The van der Waals surface area contributed by atoms with Gasteiger partial charge >= 0.3 is 6.18 Å². The lowest BCUT2D eigenvalue weighted by atomic mass is 10.0. The zero-order valence-corrected chi connectivity index (χ0v) is 13.0. The molecule has 1 aromatic carbocycles. The summed E-state index contributed by atoms with van der Waals surface area (Å²) < 4.78 is 41.7. The molecular formula is C16H21F3N2O2.